The highest BCUT2D eigenvalue weighted by molar-refractivity contribution is 6.30. The van der Waals surface area contributed by atoms with E-state index in [1.54, 1.807) is 13.3 Å². The molecule has 0 saturated heterocycles. The van der Waals surface area contributed by atoms with Gasteiger partial charge in [0.1, 0.15) is 11.0 Å². The van der Waals surface area contributed by atoms with Crippen molar-refractivity contribution in [3.05, 3.63) is 34.9 Å². The van der Waals surface area contributed by atoms with Gasteiger partial charge >= 0.3 is 0 Å². The van der Waals surface area contributed by atoms with Crippen LogP contribution in [-0.4, -0.2) is 22.1 Å². The topological polar surface area (TPSA) is 47.9 Å². The molecule has 0 unspecified atom stereocenters. The van der Waals surface area contributed by atoms with Crippen molar-refractivity contribution in [3.63, 3.8) is 0 Å². The van der Waals surface area contributed by atoms with E-state index in [2.05, 4.69) is 35.7 Å². The Morgan fingerprint density at radius 1 is 1.15 bits per heavy atom. The Hall–Kier alpha value is -1.68. The maximum absolute atomic E-state index is 6.24. The third-order valence-corrected chi connectivity index (χ3v) is 3.34. The number of hydrogen-bond donors (Lipinski definition) is 0. The Morgan fingerprint density at radius 2 is 1.85 bits per heavy atom. The number of methoxy groups -OCH3 is 1. The third kappa shape index (κ3) is 2.90. The minimum absolute atomic E-state index is 0.161. The zero-order chi connectivity index (χ0) is 14.9. The zero-order valence-corrected chi connectivity index (χ0v) is 13.1. The Labute approximate surface area is 124 Å². The van der Waals surface area contributed by atoms with Crippen molar-refractivity contribution in [2.45, 2.75) is 33.1 Å². The van der Waals surface area contributed by atoms with Gasteiger partial charge < -0.3 is 4.74 Å². The lowest BCUT2D eigenvalue weighted by molar-refractivity contribution is 0.398. The minimum atomic E-state index is -0.161. The smallest absolute Gasteiger partial charge is 0.212 e. The largest absolute Gasteiger partial charge is 0.481 e. The average molecular weight is 292 g/mol. The fourth-order valence-electron chi connectivity index (χ4n) is 1.75. The van der Waals surface area contributed by atoms with Gasteiger partial charge in [-0.3, -0.25) is 0 Å². The van der Waals surface area contributed by atoms with Crippen molar-refractivity contribution in [1.82, 2.24) is 15.0 Å². The van der Waals surface area contributed by atoms with E-state index < -0.39 is 0 Å². The second-order valence-electron chi connectivity index (χ2n) is 5.65. The van der Waals surface area contributed by atoms with Gasteiger partial charge in [-0.05, 0) is 13.0 Å². The molecule has 0 aliphatic heterocycles. The van der Waals surface area contributed by atoms with Crippen molar-refractivity contribution < 1.29 is 4.74 Å². The van der Waals surface area contributed by atoms with Crippen molar-refractivity contribution >= 4 is 11.6 Å². The lowest BCUT2D eigenvalue weighted by Gasteiger charge is -2.19. The van der Waals surface area contributed by atoms with Gasteiger partial charge in [-0.2, -0.15) is 0 Å². The first-order chi connectivity index (χ1) is 9.32. The summed E-state index contributed by atoms with van der Waals surface area (Å²) in [7, 11) is 1.59. The van der Waals surface area contributed by atoms with E-state index in [-0.39, 0.29) is 5.41 Å². The number of pyridine rings is 1. The van der Waals surface area contributed by atoms with E-state index in [9.17, 15) is 0 Å². The Balaban J connectivity index is 2.57. The standard InChI is InChI=1S/C15H18ClN3O/c1-9-12(10-6-7-11(20-5)17-8-10)18-14(15(2,3)4)19-13(9)16/h6-8H,1-5H3. The molecule has 4 nitrogen and oxygen atoms in total. The monoisotopic (exact) mass is 291 g/mol. The van der Waals surface area contributed by atoms with Crippen molar-refractivity contribution in [2.24, 2.45) is 0 Å². The van der Waals surface area contributed by atoms with Gasteiger partial charge in [-0.25, -0.2) is 15.0 Å². The van der Waals surface area contributed by atoms with Crippen molar-refractivity contribution in [3.8, 4) is 17.1 Å². The molecular formula is C15H18ClN3O. The molecule has 2 aromatic rings. The van der Waals surface area contributed by atoms with Crippen LogP contribution in [-0.2, 0) is 5.41 Å². The summed E-state index contributed by atoms with van der Waals surface area (Å²) in [5.41, 5.74) is 2.40. The highest BCUT2D eigenvalue weighted by Gasteiger charge is 2.21. The molecule has 0 spiro atoms. The molecule has 0 fully saturated rings. The predicted octanol–water partition coefficient (Wildman–Crippen LogP) is 3.81. The molecule has 2 rings (SSSR count). The first-order valence-corrected chi connectivity index (χ1v) is 6.75. The van der Waals surface area contributed by atoms with Crippen molar-refractivity contribution in [1.29, 1.82) is 0 Å². The maximum Gasteiger partial charge on any atom is 0.212 e. The lowest BCUT2D eigenvalue weighted by atomic mass is 9.95. The van der Waals surface area contributed by atoms with Crippen LogP contribution in [0.15, 0.2) is 18.3 Å². The number of ether oxygens (including phenoxy) is 1. The Morgan fingerprint density at radius 3 is 2.35 bits per heavy atom. The van der Waals surface area contributed by atoms with Gasteiger partial charge in [0.15, 0.2) is 0 Å². The van der Waals surface area contributed by atoms with Crippen LogP contribution in [0, 0.1) is 6.92 Å². The van der Waals surface area contributed by atoms with Crippen LogP contribution >= 0.6 is 11.6 Å². The number of hydrogen-bond acceptors (Lipinski definition) is 4. The molecular weight excluding hydrogens is 274 g/mol. The van der Waals surface area contributed by atoms with Gasteiger partial charge in [-0.15, -0.1) is 0 Å². The van der Waals surface area contributed by atoms with E-state index in [0.717, 1.165) is 22.6 Å². The average Bonchev–Trinajstić information content (AvgIpc) is 2.40. The molecule has 0 aliphatic carbocycles. The molecule has 20 heavy (non-hydrogen) atoms. The van der Waals surface area contributed by atoms with E-state index in [1.165, 1.54) is 0 Å². The summed E-state index contributed by atoms with van der Waals surface area (Å²) in [6.45, 7) is 8.09. The summed E-state index contributed by atoms with van der Waals surface area (Å²) in [6, 6.07) is 3.73. The van der Waals surface area contributed by atoms with Gasteiger partial charge in [0.05, 0.1) is 12.8 Å². The number of rotatable bonds is 2. The second-order valence-corrected chi connectivity index (χ2v) is 6.01. The van der Waals surface area contributed by atoms with Crippen LogP contribution in [0.25, 0.3) is 11.3 Å². The summed E-state index contributed by atoms with van der Waals surface area (Å²) in [5, 5.41) is 0.482. The van der Waals surface area contributed by atoms with Crippen molar-refractivity contribution in [2.75, 3.05) is 7.11 Å². The predicted molar refractivity (Wildman–Crippen MR) is 80.3 cm³/mol. The maximum atomic E-state index is 6.24. The molecule has 0 aromatic carbocycles. The third-order valence-electron chi connectivity index (χ3n) is 2.98. The highest BCUT2D eigenvalue weighted by atomic mass is 35.5. The minimum Gasteiger partial charge on any atom is -0.481 e. The van der Waals surface area contributed by atoms with Crippen LogP contribution in [0.5, 0.6) is 5.88 Å². The summed E-state index contributed by atoms with van der Waals surface area (Å²) in [5.74, 6) is 1.29. The van der Waals surface area contributed by atoms with E-state index in [1.807, 2.05) is 19.1 Å². The number of nitrogens with zero attached hydrogens (tertiary/aromatic N) is 3. The van der Waals surface area contributed by atoms with Gasteiger partial charge in [0.25, 0.3) is 0 Å². The Bertz CT molecular complexity index is 618. The second kappa shape index (κ2) is 5.37. The van der Waals surface area contributed by atoms with Gasteiger partial charge in [0, 0.05) is 28.8 Å². The first kappa shape index (κ1) is 14.7. The molecule has 106 valence electrons. The summed E-state index contributed by atoms with van der Waals surface area (Å²) >= 11 is 6.24. The van der Waals surface area contributed by atoms with Crippen LogP contribution in [0.2, 0.25) is 5.15 Å². The summed E-state index contributed by atoms with van der Waals surface area (Å²) < 4.78 is 5.07. The molecule has 0 bridgehead atoms. The molecule has 2 heterocycles. The van der Waals surface area contributed by atoms with Gasteiger partial charge in [-0.1, -0.05) is 32.4 Å². The quantitative estimate of drug-likeness (QED) is 0.790. The molecule has 5 heteroatoms. The van der Waals surface area contributed by atoms with Crippen LogP contribution in [0.3, 0.4) is 0 Å². The van der Waals surface area contributed by atoms with Gasteiger partial charge in [0.2, 0.25) is 5.88 Å². The molecule has 0 N–H and O–H groups in total. The number of halogens is 1. The first-order valence-electron chi connectivity index (χ1n) is 6.38. The molecule has 0 amide bonds. The van der Waals surface area contributed by atoms with E-state index in [0.29, 0.717) is 11.0 Å². The van der Waals surface area contributed by atoms with Crippen LogP contribution in [0.4, 0.5) is 0 Å². The molecule has 2 aromatic heterocycles. The molecule has 0 atom stereocenters. The van der Waals surface area contributed by atoms with Crippen LogP contribution < -0.4 is 4.74 Å². The fourth-order valence-corrected chi connectivity index (χ4v) is 1.92. The molecule has 0 saturated carbocycles. The number of aromatic nitrogens is 3. The Kier molecular flexibility index (Phi) is 3.95. The van der Waals surface area contributed by atoms with E-state index >= 15 is 0 Å². The lowest BCUT2D eigenvalue weighted by Crippen LogP contribution is -2.17. The zero-order valence-electron chi connectivity index (χ0n) is 12.4. The van der Waals surface area contributed by atoms with Crippen LogP contribution in [0.1, 0.15) is 32.2 Å². The summed E-state index contributed by atoms with van der Waals surface area (Å²) in [6.07, 6.45) is 1.73. The summed E-state index contributed by atoms with van der Waals surface area (Å²) in [4.78, 5) is 13.2. The fraction of sp³-hybridized carbons (Fsp3) is 0.400. The normalized spacial score (nSPS) is 11.5. The van der Waals surface area contributed by atoms with E-state index in [4.69, 9.17) is 16.3 Å². The SMILES string of the molecule is COc1ccc(-c2nc(C(C)(C)C)nc(Cl)c2C)cn1. The molecule has 0 aliphatic rings. The highest BCUT2D eigenvalue weighted by Crippen LogP contribution is 2.29. The molecule has 0 radical (unpaired) electrons.